The van der Waals surface area contributed by atoms with Crippen molar-refractivity contribution in [2.24, 2.45) is 0 Å². The van der Waals surface area contributed by atoms with Gasteiger partial charge in [0.2, 0.25) is 0 Å². The zero-order valence-electron chi connectivity index (χ0n) is 12.8. The van der Waals surface area contributed by atoms with Crippen molar-refractivity contribution in [3.8, 4) is 5.75 Å². The molecule has 1 aromatic carbocycles. The molecule has 0 bridgehead atoms. The van der Waals surface area contributed by atoms with E-state index >= 15 is 0 Å². The van der Waals surface area contributed by atoms with Gasteiger partial charge in [-0.1, -0.05) is 12.1 Å². The highest BCUT2D eigenvalue weighted by Crippen LogP contribution is 2.20. The van der Waals surface area contributed by atoms with E-state index < -0.39 is 0 Å². The Hall–Kier alpha value is -1.75. The summed E-state index contributed by atoms with van der Waals surface area (Å²) in [5.74, 6) is 0.872. The van der Waals surface area contributed by atoms with Crippen molar-refractivity contribution in [1.29, 1.82) is 0 Å². The summed E-state index contributed by atoms with van der Waals surface area (Å²) in [7, 11) is 0. The Balaban J connectivity index is 1.60. The smallest absolute Gasteiger partial charge is 0.315 e. The van der Waals surface area contributed by atoms with Crippen LogP contribution in [-0.4, -0.2) is 38.4 Å². The number of rotatable bonds is 6. The minimum absolute atomic E-state index is 0.168. The van der Waals surface area contributed by atoms with Crippen molar-refractivity contribution in [2.75, 3.05) is 26.3 Å². The normalized spacial score (nSPS) is 17.5. The predicted octanol–water partition coefficient (Wildman–Crippen LogP) is 2.16. The van der Waals surface area contributed by atoms with Crippen LogP contribution in [0.15, 0.2) is 18.2 Å². The van der Waals surface area contributed by atoms with Crippen LogP contribution in [0.25, 0.3) is 0 Å². The number of carbonyl (C=O) groups excluding carboxylic acids is 1. The van der Waals surface area contributed by atoms with Crippen molar-refractivity contribution in [3.05, 3.63) is 29.3 Å². The van der Waals surface area contributed by atoms with Gasteiger partial charge in [0.1, 0.15) is 12.4 Å². The monoisotopic (exact) mass is 292 g/mol. The van der Waals surface area contributed by atoms with E-state index in [-0.39, 0.29) is 12.1 Å². The fraction of sp³-hybridized carbons (Fsp3) is 0.562. The van der Waals surface area contributed by atoms with Crippen molar-refractivity contribution >= 4 is 6.03 Å². The molecule has 1 unspecified atom stereocenters. The summed E-state index contributed by atoms with van der Waals surface area (Å²) >= 11 is 0. The van der Waals surface area contributed by atoms with Crippen LogP contribution >= 0.6 is 0 Å². The molecule has 0 aromatic heterocycles. The van der Waals surface area contributed by atoms with Crippen molar-refractivity contribution in [1.82, 2.24) is 10.6 Å². The second-order valence-electron chi connectivity index (χ2n) is 5.32. The van der Waals surface area contributed by atoms with E-state index in [0.717, 1.165) is 30.8 Å². The van der Waals surface area contributed by atoms with Crippen LogP contribution in [-0.2, 0) is 4.74 Å². The molecule has 1 saturated heterocycles. The van der Waals surface area contributed by atoms with Gasteiger partial charge >= 0.3 is 6.03 Å². The molecule has 5 nitrogen and oxygen atoms in total. The Kier molecular flexibility index (Phi) is 5.87. The zero-order valence-corrected chi connectivity index (χ0v) is 12.8. The first-order valence-electron chi connectivity index (χ1n) is 7.49. The third-order valence-corrected chi connectivity index (χ3v) is 3.71. The average molecular weight is 292 g/mol. The number of carbonyl (C=O) groups is 1. The Morgan fingerprint density at radius 2 is 2.24 bits per heavy atom. The molecule has 116 valence electrons. The molecule has 2 amide bonds. The standard InChI is InChI=1S/C16H24N2O3/c1-12-5-3-7-15(13(12)2)21-10-8-17-16(19)18-11-14-6-4-9-20-14/h3,5,7,14H,4,6,8-11H2,1-2H3,(H2,17,18,19). The van der Waals surface area contributed by atoms with Crippen LogP contribution in [0.3, 0.4) is 0 Å². The second kappa shape index (κ2) is 7.88. The summed E-state index contributed by atoms with van der Waals surface area (Å²) in [5.41, 5.74) is 2.34. The topological polar surface area (TPSA) is 59.6 Å². The Bertz CT molecular complexity index is 471. The lowest BCUT2D eigenvalue weighted by molar-refractivity contribution is 0.111. The average Bonchev–Trinajstić information content (AvgIpc) is 2.99. The number of nitrogens with one attached hydrogen (secondary N) is 2. The fourth-order valence-electron chi connectivity index (χ4n) is 2.28. The quantitative estimate of drug-likeness (QED) is 0.790. The predicted molar refractivity (Wildman–Crippen MR) is 81.8 cm³/mol. The third-order valence-electron chi connectivity index (χ3n) is 3.71. The summed E-state index contributed by atoms with van der Waals surface area (Å²) in [6, 6.07) is 5.80. The van der Waals surface area contributed by atoms with E-state index in [1.807, 2.05) is 19.1 Å². The van der Waals surface area contributed by atoms with Gasteiger partial charge < -0.3 is 20.1 Å². The molecule has 2 N–H and O–H groups in total. The van der Waals surface area contributed by atoms with Gasteiger partial charge in [-0.25, -0.2) is 4.79 Å². The molecule has 1 fully saturated rings. The first-order valence-corrected chi connectivity index (χ1v) is 7.49. The maximum Gasteiger partial charge on any atom is 0.315 e. The highest BCUT2D eigenvalue weighted by Gasteiger charge is 2.15. The summed E-state index contributed by atoms with van der Waals surface area (Å²) in [5, 5.41) is 5.59. The van der Waals surface area contributed by atoms with Crippen LogP contribution in [0, 0.1) is 13.8 Å². The maximum atomic E-state index is 11.6. The van der Waals surface area contributed by atoms with Gasteiger partial charge in [0, 0.05) is 13.2 Å². The first-order chi connectivity index (χ1) is 10.2. The number of hydrogen-bond acceptors (Lipinski definition) is 3. The lowest BCUT2D eigenvalue weighted by Gasteiger charge is -2.13. The zero-order chi connectivity index (χ0) is 15.1. The molecule has 1 heterocycles. The molecule has 21 heavy (non-hydrogen) atoms. The molecule has 1 atom stereocenters. The molecule has 0 saturated carbocycles. The number of aryl methyl sites for hydroxylation is 1. The number of hydrogen-bond donors (Lipinski definition) is 2. The fourth-order valence-corrected chi connectivity index (χ4v) is 2.28. The second-order valence-corrected chi connectivity index (χ2v) is 5.32. The van der Waals surface area contributed by atoms with Gasteiger partial charge in [-0.15, -0.1) is 0 Å². The summed E-state index contributed by atoms with van der Waals surface area (Å²) < 4.78 is 11.1. The number of urea groups is 1. The Labute approximate surface area is 126 Å². The van der Waals surface area contributed by atoms with Crippen molar-refractivity contribution < 1.29 is 14.3 Å². The lowest BCUT2D eigenvalue weighted by atomic mass is 10.1. The van der Waals surface area contributed by atoms with E-state index in [2.05, 4.69) is 23.6 Å². The molecule has 0 spiro atoms. The summed E-state index contributed by atoms with van der Waals surface area (Å²) in [6.45, 7) is 6.40. The molecule has 1 aliphatic rings. The Morgan fingerprint density at radius 3 is 3.00 bits per heavy atom. The largest absolute Gasteiger partial charge is 0.491 e. The van der Waals surface area contributed by atoms with Crippen LogP contribution in [0.1, 0.15) is 24.0 Å². The Morgan fingerprint density at radius 1 is 1.38 bits per heavy atom. The van der Waals surface area contributed by atoms with Crippen LogP contribution in [0.5, 0.6) is 5.75 Å². The minimum Gasteiger partial charge on any atom is -0.491 e. The highest BCUT2D eigenvalue weighted by molar-refractivity contribution is 5.73. The van der Waals surface area contributed by atoms with Gasteiger partial charge in [0.15, 0.2) is 0 Å². The number of benzene rings is 1. The van der Waals surface area contributed by atoms with Gasteiger partial charge in [0.25, 0.3) is 0 Å². The summed E-state index contributed by atoms with van der Waals surface area (Å²) in [6.07, 6.45) is 2.27. The van der Waals surface area contributed by atoms with E-state index in [1.54, 1.807) is 0 Å². The molecule has 0 aliphatic carbocycles. The van der Waals surface area contributed by atoms with Crippen molar-refractivity contribution in [3.63, 3.8) is 0 Å². The van der Waals surface area contributed by atoms with E-state index in [4.69, 9.17) is 9.47 Å². The number of ether oxygens (including phenoxy) is 2. The minimum atomic E-state index is -0.171. The summed E-state index contributed by atoms with van der Waals surface area (Å²) in [4.78, 5) is 11.6. The van der Waals surface area contributed by atoms with Gasteiger partial charge in [-0.05, 0) is 43.9 Å². The molecule has 2 rings (SSSR count). The number of amides is 2. The van der Waals surface area contributed by atoms with Crippen LogP contribution in [0.4, 0.5) is 4.79 Å². The van der Waals surface area contributed by atoms with Gasteiger partial charge in [0.05, 0.1) is 12.6 Å². The first kappa shape index (κ1) is 15.6. The van der Waals surface area contributed by atoms with E-state index in [9.17, 15) is 4.79 Å². The van der Waals surface area contributed by atoms with Gasteiger partial charge in [-0.3, -0.25) is 0 Å². The third kappa shape index (κ3) is 4.93. The SMILES string of the molecule is Cc1cccc(OCCNC(=O)NCC2CCCO2)c1C. The molecular weight excluding hydrogens is 268 g/mol. The molecular formula is C16H24N2O3. The van der Waals surface area contributed by atoms with Crippen LogP contribution in [0.2, 0.25) is 0 Å². The maximum absolute atomic E-state index is 11.6. The molecule has 1 aromatic rings. The van der Waals surface area contributed by atoms with Gasteiger partial charge in [-0.2, -0.15) is 0 Å². The lowest BCUT2D eigenvalue weighted by Crippen LogP contribution is -2.41. The van der Waals surface area contributed by atoms with E-state index in [1.165, 1.54) is 5.56 Å². The highest BCUT2D eigenvalue weighted by atomic mass is 16.5. The molecule has 1 aliphatic heterocycles. The van der Waals surface area contributed by atoms with Crippen molar-refractivity contribution in [2.45, 2.75) is 32.8 Å². The van der Waals surface area contributed by atoms with E-state index in [0.29, 0.717) is 19.7 Å². The molecule has 0 radical (unpaired) electrons. The molecule has 5 heteroatoms. The van der Waals surface area contributed by atoms with Crippen LogP contribution < -0.4 is 15.4 Å².